The van der Waals surface area contributed by atoms with Gasteiger partial charge in [0.2, 0.25) is 11.2 Å². The largest absolute Gasteiger partial charge is 0.311 e. The molecule has 6 rings (SSSR count). The van der Waals surface area contributed by atoms with E-state index in [-0.39, 0.29) is 0 Å². The Balaban J connectivity index is 1.71. The number of fused-ring (bicyclic) bond motifs is 5. The second-order valence-electron chi connectivity index (χ2n) is 12.2. The Kier molecular flexibility index (Phi) is 5.82. The molecule has 1 aliphatic heterocycles. The molecule has 5 aromatic rings. The Hall–Kier alpha value is -3.35. The average Bonchev–Trinajstić information content (AvgIpc) is 2.87. The quantitative estimate of drug-likeness (QED) is 0.129. The van der Waals surface area contributed by atoms with E-state index >= 15 is 0 Å². The fraction of sp³-hybridized carbons (Fsp3) is 0.314. The molecule has 0 radical (unpaired) electrons. The zero-order valence-corrected chi connectivity index (χ0v) is 24.3. The van der Waals surface area contributed by atoms with Crippen LogP contribution in [0.15, 0.2) is 64.5 Å². The standard InChI is InChI=1S/C35H35N2S/c1-20(2)15-29-25-12-9-21(3)16-27(25)22(4)31-33-32-26(13-14-37(33)8)28-17-23(19-35(5,6)36-7)10-11-24(28)18-30(32)38-34(29)31/h9-14,16-18,20H,15,19H2,1-6,8H3/q+1. The minimum atomic E-state index is -0.398. The number of hydrogen-bond donors (Lipinski definition) is 0. The first-order chi connectivity index (χ1) is 18.1. The molecule has 2 heterocycles. The molecule has 0 bridgehead atoms. The van der Waals surface area contributed by atoms with Crippen molar-refractivity contribution in [2.75, 3.05) is 0 Å². The number of benzene rings is 4. The van der Waals surface area contributed by atoms with Crippen molar-refractivity contribution in [2.24, 2.45) is 13.0 Å². The van der Waals surface area contributed by atoms with Crippen molar-refractivity contribution in [3.05, 3.63) is 88.4 Å². The van der Waals surface area contributed by atoms with Crippen LogP contribution in [0.2, 0.25) is 0 Å². The molecule has 0 saturated heterocycles. The molecule has 1 aliphatic rings. The Bertz CT molecular complexity index is 1840. The van der Waals surface area contributed by atoms with E-state index in [0.29, 0.717) is 5.92 Å². The molecule has 3 heteroatoms. The van der Waals surface area contributed by atoms with Crippen LogP contribution in [-0.4, -0.2) is 5.54 Å². The molecule has 0 amide bonds. The number of aromatic nitrogens is 1. The molecular weight excluding hydrogens is 480 g/mol. The van der Waals surface area contributed by atoms with Gasteiger partial charge in [0.1, 0.15) is 7.05 Å². The first-order valence-corrected chi connectivity index (χ1v) is 14.4. The summed E-state index contributed by atoms with van der Waals surface area (Å²) in [6, 6.07) is 18.5. The van der Waals surface area contributed by atoms with Gasteiger partial charge in [-0.05, 0) is 70.5 Å². The third kappa shape index (κ3) is 3.89. The van der Waals surface area contributed by atoms with Crippen molar-refractivity contribution in [1.29, 1.82) is 0 Å². The molecule has 0 atom stereocenters. The first kappa shape index (κ1) is 25.0. The minimum Gasteiger partial charge on any atom is -0.311 e. The summed E-state index contributed by atoms with van der Waals surface area (Å²) < 4.78 is 2.33. The summed E-state index contributed by atoms with van der Waals surface area (Å²) in [4.78, 5) is 6.63. The van der Waals surface area contributed by atoms with E-state index in [9.17, 15) is 0 Å². The summed E-state index contributed by atoms with van der Waals surface area (Å²) in [5.41, 5.74) is 7.72. The van der Waals surface area contributed by atoms with E-state index < -0.39 is 5.54 Å². The summed E-state index contributed by atoms with van der Waals surface area (Å²) in [5, 5.41) is 7.99. The van der Waals surface area contributed by atoms with Gasteiger partial charge >= 0.3 is 0 Å². The molecular formula is C35H35N2S+. The number of hydrogen-bond acceptors (Lipinski definition) is 1. The van der Waals surface area contributed by atoms with E-state index in [2.05, 4.69) is 98.9 Å². The molecule has 0 saturated carbocycles. The third-order valence-corrected chi connectivity index (χ3v) is 9.24. The highest BCUT2D eigenvalue weighted by atomic mass is 32.2. The zero-order chi connectivity index (χ0) is 26.9. The average molecular weight is 516 g/mol. The molecule has 1 aromatic heterocycles. The van der Waals surface area contributed by atoms with E-state index in [0.717, 1.165) is 12.8 Å². The minimum absolute atomic E-state index is 0.398. The van der Waals surface area contributed by atoms with Gasteiger partial charge in [0.05, 0.1) is 17.4 Å². The van der Waals surface area contributed by atoms with Crippen LogP contribution in [0.3, 0.4) is 0 Å². The van der Waals surface area contributed by atoms with Crippen LogP contribution in [0.25, 0.3) is 48.4 Å². The van der Waals surface area contributed by atoms with Crippen molar-refractivity contribution in [3.63, 3.8) is 0 Å². The van der Waals surface area contributed by atoms with Gasteiger partial charge in [0.25, 0.3) is 0 Å². The molecule has 4 aromatic carbocycles. The van der Waals surface area contributed by atoms with Gasteiger partial charge in [0.15, 0.2) is 6.20 Å². The summed E-state index contributed by atoms with van der Waals surface area (Å²) >= 11 is 1.97. The lowest BCUT2D eigenvalue weighted by molar-refractivity contribution is -0.659. The summed E-state index contributed by atoms with van der Waals surface area (Å²) in [6.45, 7) is 20.8. The van der Waals surface area contributed by atoms with Gasteiger partial charge in [-0.2, -0.15) is 0 Å². The maximum absolute atomic E-state index is 7.60. The Morgan fingerprint density at radius 2 is 1.74 bits per heavy atom. The third-order valence-electron chi connectivity index (χ3n) is 8.05. The second kappa shape index (κ2) is 8.85. The molecule has 190 valence electrons. The lowest BCUT2D eigenvalue weighted by Crippen LogP contribution is -2.32. The van der Waals surface area contributed by atoms with Gasteiger partial charge in [-0.1, -0.05) is 67.6 Å². The van der Waals surface area contributed by atoms with E-state index in [1.54, 1.807) is 0 Å². The highest BCUT2D eigenvalue weighted by Gasteiger charge is 2.32. The summed E-state index contributed by atoms with van der Waals surface area (Å²) in [6.07, 6.45) is 4.06. The maximum Gasteiger partial charge on any atom is 0.231 e. The Morgan fingerprint density at radius 3 is 2.47 bits per heavy atom. The van der Waals surface area contributed by atoms with Crippen LogP contribution in [0, 0.1) is 26.3 Å². The summed E-state index contributed by atoms with van der Waals surface area (Å²) in [7, 11) is 2.19. The SMILES string of the molecule is [C-]#[N+]C(C)(C)Cc1ccc2cc3c4c([n+](C)ccc4c2c1)-c1c(c(CC(C)C)c2ccc(C)cc2c1C)S3. The number of nitrogens with zero attached hydrogens (tertiary/aromatic N) is 2. The number of pyridine rings is 1. The highest BCUT2D eigenvalue weighted by Crippen LogP contribution is 2.53. The Morgan fingerprint density at radius 1 is 0.947 bits per heavy atom. The molecule has 0 fully saturated rings. The molecule has 38 heavy (non-hydrogen) atoms. The van der Waals surface area contributed by atoms with Gasteiger partial charge in [0, 0.05) is 35.1 Å². The molecule has 0 spiro atoms. The van der Waals surface area contributed by atoms with Gasteiger partial charge in [-0.25, -0.2) is 11.1 Å². The molecule has 0 unspecified atom stereocenters. The lowest BCUT2D eigenvalue weighted by Gasteiger charge is -2.26. The van der Waals surface area contributed by atoms with Gasteiger partial charge in [-0.15, -0.1) is 0 Å². The Labute approximate surface area is 230 Å². The molecule has 2 nitrogen and oxygen atoms in total. The second-order valence-corrected chi connectivity index (χ2v) is 13.2. The monoisotopic (exact) mass is 515 g/mol. The van der Waals surface area contributed by atoms with Crippen molar-refractivity contribution in [1.82, 2.24) is 0 Å². The fourth-order valence-corrected chi connectivity index (χ4v) is 7.64. The van der Waals surface area contributed by atoms with Gasteiger partial charge in [-0.3, -0.25) is 0 Å². The molecule has 0 aliphatic carbocycles. The van der Waals surface area contributed by atoms with Crippen LogP contribution < -0.4 is 4.57 Å². The number of aryl methyl sites for hydroxylation is 3. The predicted octanol–water partition coefficient (Wildman–Crippen LogP) is 9.16. The first-order valence-electron chi connectivity index (χ1n) is 13.6. The van der Waals surface area contributed by atoms with Crippen LogP contribution in [-0.2, 0) is 19.9 Å². The van der Waals surface area contributed by atoms with Crippen molar-refractivity contribution in [3.8, 4) is 11.3 Å². The van der Waals surface area contributed by atoms with Crippen molar-refractivity contribution >= 4 is 44.1 Å². The molecule has 0 N–H and O–H groups in total. The van der Waals surface area contributed by atoms with Crippen molar-refractivity contribution in [2.45, 2.75) is 69.7 Å². The number of rotatable bonds is 4. The van der Waals surface area contributed by atoms with E-state index in [1.165, 1.54) is 75.6 Å². The van der Waals surface area contributed by atoms with Crippen LogP contribution >= 0.6 is 11.8 Å². The fourth-order valence-electron chi connectivity index (χ4n) is 6.26. The van der Waals surface area contributed by atoms with E-state index in [1.807, 2.05) is 25.6 Å². The highest BCUT2D eigenvalue weighted by molar-refractivity contribution is 8.00. The van der Waals surface area contributed by atoms with Crippen LogP contribution in [0.4, 0.5) is 0 Å². The van der Waals surface area contributed by atoms with Crippen molar-refractivity contribution < 1.29 is 4.57 Å². The zero-order valence-electron chi connectivity index (χ0n) is 23.5. The van der Waals surface area contributed by atoms with Gasteiger partial charge < -0.3 is 4.85 Å². The predicted molar refractivity (Wildman–Crippen MR) is 162 cm³/mol. The van der Waals surface area contributed by atoms with E-state index in [4.69, 9.17) is 6.57 Å². The van der Waals surface area contributed by atoms with Crippen LogP contribution in [0.1, 0.15) is 49.9 Å². The topological polar surface area (TPSA) is 8.24 Å². The smallest absolute Gasteiger partial charge is 0.231 e. The normalized spacial score (nSPS) is 12.9. The lowest BCUT2D eigenvalue weighted by atomic mass is 9.87. The van der Waals surface area contributed by atoms with Crippen LogP contribution in [0.5, 0.6) is 0 Å². The summed E-state index contributed by atoms with van der Waals surface area (Å²) in [5.74, 6) is 0.576. The maximum atomic E-state index is 7.60.